The predicted molar refractivity (Wildman–Crippen MR) is 133 cm³/mol. The van der Waals surface area contributed by atoms with E-state index in [2.05, 4.69) is 6.92 Å². The largest absolute Gasteiger partial charge is 0.416 e. The summed E-state index contributed by atoms with van der Waals surface area (Å²) in [5, 5.41) is 0. The second-order valence-corrected chi connectivity index (χ2v) is 10.1. The quantitative estimate of drug-likeness (QED) is 0.211. The van der Waals surface area contributed by atoms with Crippen LogP contribution < -0.4 is 0 Å². The first-order chi connectivity index (χ1) is 16.4. The lowest BCUT2D eigenvalue weighted by Gasteiger charge is -2.29. The van der Waals surface area contributed by atoms with Crippen LogP contribution in [-0.2, 0) is 6.18 Å². The number of unbranched alkanes of at least 4 members (excludes halogenated alkanes) is 8. The van der Waals surface area contributed by atoms with E-state index < -0.39 is 11.7 Å². The Hall–Kier alpha value is -1.84. The van der Waals surface area contributed by atoms with Crippen molar-refractivity contribution in [3.05, 3.63) is 59.4 Å². The fraction of sp³-hybridized carbons (Fsp3) is 0.600. The van der Waals surface area contributed by atoms with E-state index in [0.717, 1.165) is 36.5 Å². The zero-order valence-electron chi connectivity index (χ0n) is 20.6. The maximum Gasteiger partial charge on any atom is 0.416 e. The predicted octanol–water partition coefficient (Wildman–Crippen LogP) is 10.7. The van der Waals surface area contributed by atoms with E-state index in [1.165, 1.54) is 89.2 Å². The van der Waals surface area contributed by atoms with E-state index in [1.54, 1.807) is 12.1 Å². The van der Waals surface area contributed by atoms with Crippen molar-refractivity contribution < 1.29 is 17.6 Å². The minimum atomic E-state index is -4.38. The van der Waals surface area contributed by atoms with Gasteiger partial charge in [0.25, 0.3) is 0 Å². The molecular weight excluding hydrogens is 436 g/mol. The molecule has 1 aliphatic carbocycles. The number of benzene rings is 2. The van der Waals surface area contributed by atoms with Crippen LogP contribution in [0.3, 0.4) is 0 Å². The lowest BCUT2D eigenvalue weighted by atomic mass is 9.77. The van der Waals surface area contributed by atoms with Gasteiger partial charge in [-0.2, -0.15) is 13.2 Å². The lowest BCUT2D eigenvalue weighted by Crippen LogP contribution is -2.13. The monoisotopic (exact) mass is 476 g/mol. The van der Waals surface area contributed by atoms with Gasteiger partial charge in [0.05, 0.1) is 5.56 Å². The molecule has 0 aliphatic heterocycles. The van der Waals surface area contributed by atoms with Crippen molar-refractivity contribution in [3.63, 3.8) is 0 Å². The number of hydrogen-bond acceptors (Lipinski definition) is 0. The van der Waals surface area contributed by atoms with E-state index in [-0.39, 0.29) is 5.82 Å². The Morgan fingerprint density at radius 1 is 0.735 bits per heavy atom. The molecule has 0 nitrogen and oxygen atoms in total. The van der Waals surface area contributed by atoms with Crippen LogP contribution in [0.4, 0.5) is 17.6 Å². The molecule has 2 aromatic rings. The number of halogens is 4. The standard InChI is InChI=1S/C30H40F4/c1-2-3-4-5-6-7-8-9-10-11-23-12-14-24(15-13-23)26-18-21-28(29(31)22-26)25-16-19-27(20-17-25)30(32,33)34/h16-24H,2-15H2,1H3/t23-,24-. The molecule has 0 N–H and O–H groups in total. The highest BCUT2D eigenvalue weighted by Crippen LogP contribution is 2.39. The molecule has 1 fully saturated rings. The molecule has 0 unspecified atom stereocenters. The minimum Gasteiger partial charge on any atom is -0.206 e. The normalized spacial score (nSPS) is 18.9. The van der Waals surface area contributed by atoms with Gasteiger partial charge in [-0.3, -0.25) is 0 Å². The minimum absolute atomic E-state index is 0.353. The molecule has 0 amide bonds. The first-order valence-corrected chi connectivity index (χ1v) is 13.4. The van der Waals surface area contributed by atoms with Crippen molar-refractivity contribution in [1.82, 2.24) is 0 Å². The van der Waals surface area contributed by atoms with Crippen molar-refractivity contribution in [2.45, 2.75) is 109 Å². The summed E-state index contributed by atoms with van der Waals surface area (Å²) in [6, 6.07) is 9.99. The van der Waals surface area contributed by atoms with Gasteiger partial charge in [0.1, 0.15) is 5.82 Å². The Bertz CT molecular complexity index is 845. The van der Waals surface area contributed by atoms with Crippen molar-refractivity contribution >= 4 is 0 Å². The lowest BCUT2D eigenvalue weighted by molar-refractivity contribution is -0.137. The molecule has 1 aliphatic rings. The highest BCUT2D eigenvalue weighted by atomic mass is 19.4. The van der Waals surface area contributed by atoms with E-state index >= 15 is 0 Å². The third-order valence-electron chi connectivity index (χ3n) is 7.55. The van der Waals surface area contributed by atoms with Crippen molar-refractivity contribution in [1.29, 1.82) is 0 Å². The van der Waals surface area contributed by atoms with Gasteiger partial charge in [0.2, 0.25) is 0 Å². The molecule has 0 spiro atoms. The molecular formula is C30H40F4. The summed E-state index contributed by atoms with van der Waals surface area (Å²) in [5.41, 5.74) is 1.14. The van der Waals surface area contributed by atoms with Gasteiger partial charge in [0.15, 0.2) is 0 Å². The van der Waals surface area contributed by atoms with Crippen molar-refractivity contribution in [3.8, 4) is 11.1 Å². The topological polar surface area (TPSA) is 0 Å². The molecule has 1 saturated carbocycles. The molecule has 188 valence electrons. The third-order valence-corrected chi connectivity index (χ3v) is 7.55. The second-order valence-electron chi connectivity index (χ2n) is 10.1. The van der Waals surface area contributed by atoms with Gasteiger partial charge in [-0.1, -0.05) is 95.4 Å². The average Bonchev–Trinajstić information content (AvgIpc) is 2.83. The molecule has 0 radical (unpaired) electrons. The Morgan fingerprint density at radius 3 is 1.88 bits per heavy atom. The fourth-order valence-corrected chi connectivity index (χ4v) is 5.39. The summed E-state index contributed by atoms with van der Waals surface area (Å²) in [4.78, 5) is 0. The molecule has 0 saturated heterocycles. The molecule has 0 atom stereocenters. The summed E-state index contributed by atoms with van der Waals surface area (Å²) in [6.45, 7) is 2.26. The average molecular weight is 477 g/mol. The van der Waals surface area contributed by atoms with Crippen LogP contribution in [0.5, 0.6) is 0 Å². The summed E-state index contributed by atoms with van der Waals surface area (Å²) < 4.78 is 53.2. The molecule has 34 heavy (non-hydrogen) atoms. The number of alkyl halides is 3. The zero-order chi connectivity index (χ0) is 24.4. The third kappa shape index (κ3) is 8.13. The second kappa shape index (κ2) is 13.3. The van der Waals surface area contributed by atoms with Crippen molar-refractivity contribution in [2.24, 2.45) is 5.92 Å². The highest BCUT2D eigenvalue weighted by Gasteiger charge is 2.30. The summed E-state index contributed by atoms with van der Waals surface area (Å²) >= 11 is 0. The van der Waals surface area contributed by atoms with Crippen LogP contribution in [-0.4, -0.2) is 0 Å². The van der Waals surface area contributed by atoms with Crippen LogP contribution in [0, 0.1) is 11.7 Å². The summed E-state index contributed by atoms with van der Waals surface area (Å²) in [6.07, 6.45) is 13.9. The van der Waals surface area contributed by atoms with Gasteiger partial charge in [-0.25, -0.2) is 4.39 Å². The highest BCUT2D eigenvalue weighted by molar-refractivity contribution is 5.65. The van der Waals surface area contributed by atoms with Gasteiger partial charge in [-0.05, 0) is 66.8 Å². The van der Waals surface area contributed by atoms with Gasteiger partial charge >= 0.3 is 6.18 Å². The molecule has 0 heterocycles. The van der Waals surface area contributed by atoms with E-state index in [9.17, 15) is 17.6 Å². The van der Waals surface area contributed by atoms with Crippen LogP contribution in [0.1, 0.15) is 114 Å². The molecule has 4 heteroatoms. The first kappa shape index (κ1) is 26.8. The van der Waals surface area contributed by atoms with E-state index in [4.69, 9.17) is 0 Å². The summed E-state index contributed by atoms with van der Waals surface area (Å²) in [5.74, 6) is 0.835. The Labute approximate surface area is 203 Å². The fourth-order valence-electron chi connectivity index (χ4n) is 5.39. The van der Waals surface area contributed by atoms with Crippen LogP contribution in [0.15, 0.2) is 42.5 Å². The van der Waals surface area contributed by atoms with E-state index in [1.807, 2.05) is 6.07 Å². The van der Waals surface area contributed by atoms with Crippen LogP contribution >= 0.6 is 0 Å². The molecule has 3 rings (SSSR count). The molecule has 0 aromatic heterocycles. The SMILES string of the molecule is CCCCCCCCCCC[C@H]1CC[C@H](c2ccc(-c3ccc(C(F)(F)F)cc3)c(F)c2)CC1. The van der Waals surface area contributed by atoms with E-state index in [0.29, 0.717) is 17.0 Å². The van der Waals surface area contributed by atoms with Gasteiger partial charge in [-0.15, -0.1) is 0 Å². The Morgan fingerprint density at radius 2 is 1.32 bits per heavy atom. The van der Waals surface area contributed by atoms with Crippen molar-refractivity contribution in [2.75, 3.05) is 0 Å². The Balaban J connectivity index is 1.40. The van der Waals surface area contributed by atoms with Gasteiger partial charge in [0, 0.05) is 5.56 Å². The molecule has 0 bridgehead atoms. The maximum atomic E-state index is 14.8. The molecule has 2 aromatic carbocycles. The smallest absolute Gasteiger partial charge is 0.206 e. The van der Waals surface area contributed by atoms with Crippen LogP contribution in [0.25, 0.3) is 11.1 Å². The first-order valence-electron chi connectivity index (χ1n) is 13.4. The summed E-state index contributed by atoms with van der Waals surface area (Å²) in [7, 11) is 0. The Kier molecular flexibility index (Phi) is 10.5. The number of rotatable bonds is 12. The maximum absolute atomic E-state index is 14.8. The zero-order valence-corrected chi connectivity index (χ0v) is 20.6. The van der Waals surface area contributed by atoms with Crippen LogP contribution in [0.2, 0.25) is 0 Å². The van der Waals surface area contributed by atoms with Gasteiger partial charge < -0.3 is 0 Å². The number of hydrogen-bond donors (Lipinski definition) is 0.